The third kappa shape index (κ3) is 4.41. The highest BCUT2D eigenvalue weighted by Gasteiger charge is 2.58. The van der Waals surface area contributed by atoms with Crippen LogP contribution in [-0.2, 0) is 9.59 Å². The summed E-state index contributed by atoms with van der Waals surface area (Å²) in [5.74, 6) is 2.83. The van der Waals surface area contributed by atoms with Gasteiger partial charge in [0.05, 0.1) is 5.92 Å². The minimum absolute atomic E-state index is 0.0298. The van der Waals surface area contributed by atoms with Crippen molar-refractivity contribution in [2.45, 2.75) is 98.8 Å². The molecule has 4 aliphatic rings. The van der Waals surface area contributed by atoms with Crippen LogP contribution in [0.25, 0.3) is 0 Å². The van der Waals surface area contributed by atoms with E-state index >= 15 is 0 Å². The second kappa shape index (κ2) is 9.74. The first kappa shape index (κ1) is 24.8. The molecule has 3 fully saturated rings. The second-order valence-corrected chi connectivity index (χ2v) is 12.1. The number of unbranched alkanes of at least 4 members (excludes halogenated alkanes) is 1. The maximum Gasteiger partial charge on any atom is 0.227 e. The number of allylic oxidation sites excluding steroid dienone is 2. The molecule has 1 saturated heterocycles. The number of amides is 1. The van der Waals surface area contributed by atoms with E-state index in [1.807, 2.05) is 11.0 Å². The summed E-state index contributed by atoms with van der Waals surface area (Å²) in [5.41, 5.74) is 1.87. The van der Waals surface area contributed by atoms with E-state index in [1.165, 1.54) is 37.8 Å². The predicted octanol–water partition coefficient (Wildman–Crippen LogP) is 6.06. The molecule has 3 aliphatic carbocycles. The van der Waals surface area contributed by atoms with Crippen LogP contribution in [-0.4, -0.2) is 47.7 Å². The lowest BCUT2D eigenvalue weighted by Gasteiger charge is -2.60. The van der Waals surface area contributed by atoms with Gasteiger partial charge in [-0.05, 0) is 75.5 Å². The SMILES string of the molecule is CCCCC(CN1C[C@H]2[C@@H]3CCC[C@@]3(C)CC[C@@H]2[C@@]2(C)CCC(=O)C=C12)C(=O)N(CC)CC. The fourth-order valence-electron chi connectivity index (χ4n) is 8.38. The molecule has 0 bridgehead atoms. The van der Waals surface area contributed by atoms with Crippen molar-refractivity contribution >= 4 is 11.7 Å². The summed E-state index contributed by atoms with van der Waals surface area (Å²) in [6.45, 7) is 14.8. The smallest absolute Gasteiger partial charge is 0.227 e. The fraction of sp³-hybridized carbons (Fsp3) is 0.862. The van der Waals surface area contributed by atoms with Gasteiger partial charge in [0.25, 0.3) is 0 Å². The number of nitrogens with zero attached hydrogens (tertiary/aromatic N) is 2. The molecule has 4 rings (SSSR count). The number of likely N-dealkylation sites (tertiary alicyclic amines) is 1. The van der Waals surface area contributed by atoms with Crippen LogP contribution in [0.15, 0.2) is 11.8 Å². The van der Waals surface area contributed by atoms with Crippen LogP contribution < -0.4 is 0 Å². The van der Waals surface area contributed by atoms with E-state index in [-0.39, 0.29) is 17.1 Å². The van der Waals surface area contributed by atoms with Crippen molar-refractivity contribution in [2.24, 2.45) is 34.5 Å². The van der Waals surface area contributed by atoms with E-state index in [4.69, 9.17) is 0 Å². The first-order chi connectivity index (χ1) is 15.8. The number of ketones is 1. The van der Waals surface area contributed by atoms with Gasteiger partial charge < -0.3 is 9.80 Å². The summed E-state index contributed by atoms with van der Waals surface area (Å²) in [7, 11) is 0. The molecular weight excluding hydrogens is 408 g/mol. The van der Waals surface area contributed by atoms with E-state index < -0.39 is 0 Å². The Bertz CT molecular complexity index is 772. The van der Waals surface area contributed by atoms with Crippen molar-refractivity contribution in [3.8, 4) is 0 Å². The molecule has 1 heterocycles. The highest BCUT2D eigenvalue weighted by atomic mass is 16.2. The summed E-state index contributed by atoms with van der Waals surface area (Å²) < 4.78 is 0. The van der Waals surface area contributed by atoms with Crippen molar-refractivity contribution in [3.05, 3.63) is 11.8 Å². The normalized spacial score (nSPS) is 36.5. The van der Waals surface area contributed by atoms with Crippen LogP contribution in [0.3, 0.4) is 0 Å². The van der Waals surface area contributed by atoms with Crippen LogP contribution >= 0.6 is 0 Å². The third-order valence-corrected chi connectivity index (χ3v) is 10.4. The molecule has 4 heteroatoms. The molecule has 33 heavy (non-hydrogen) atoms. The van der Waals surface area contributed by atoms with Crippen LogP contribution in [0, 0.1) is 34.5 Å². The molecule has 0 spiro atoms. The van der Waals surface area contributed by atoms with Crippen LogP contribution in [0.2, 0.25) is 0 Å². The lowest BCUT2D eigenvalue weighted by Crippen LogP contribution is -2.58. The molecular formula is C29H48N2O2. The van der Waals surface area contributed by atoms with Crippen LogP contribution in [0.4, 0.5) is 0 Å². The van der Waals surface area contributed by atoms with Crippen LogP contribution in [0.5, 0.6) is 0 Å². The molecule has 0 N–H and O–H groups in total. The molecule has 0 aromatic rings. The maximum absolute atomic E-state index is 13.5. The van der Waals surface area contributed by atoms with Gasteiger partial charge in [-0.15, -0.1) is 0 Å². The van der Waals surface area contributed by atoms with Crippen molar-refractivity contribution in [1.82, 2.24) is 9.80 Å². The van der Waals surface area contributed by atoms with Gasteiger partial charge in [-0.25, -0.2) is 0 Å². The third-order valence-electron chi connectivity index (χ3n) is 10.4. The van der Waals surface area contributed by atoms with Crippen LogP contribution in [0.1, 0.15) is 98.8 Å². The molecule has 0 aromatic carbocycles. The minimum Gasteiger partial charge on any atom is -0.373 e. The molecule has 1 unspecified atom stereocenters. The standard InChI is InChI=1S/C29H48N2O2/c1-6-9-11-21(27(33)30(7-2)8-3)19-31-20-23-24-12-10-15-28(24,4)16-14-25(23)29(5)17-13-22(32)18-26(29)31/h18,21,23-25H,6-17,19-20H2,1-5H3/t21?,23-,24-,25-,28-,29+/m0/s1. The molecule has 1 amide bonds. The second-order valence-electron chi connectivity index (χ2n) is 12.1. The molecule has 2 saturated carbocycles. The number of hydrogen-bond acceptors (Lipinski definition) is 3. The Balaban J connectivity index is 1.66. The van der Waals surface area contributed by atoms with Crippen molar-refractivity contribution < 1.29 is 9.59 Å². The van der Waals surface area contributed by atoms with Gasteiger partial charge in [-0.1, -0.05) is 40.0 Å². The highest BCUT2D eigenvalue weighted by molar-refractivity contribution is 5.91. The Labute approximate surface area is 202 Å². The van der Waals surface area contributed by atoms with Crippen molar-refractivity contribution in [1.29, 1.82) is 0 Å². The van der Waals surface area contributed by atoms with Gasteiger partial charge in [0.1, 0.15) is 0 Å². The summed E-state index contributed by atoms with van der Waals surface area (Å²) in [5, 5.41) is 0. The van der Waals surface area contributed by atoms with E-state index in [9.17, 15) is 9.59 Å². The topological polar surface area (TPSA) is 40.6 Å². The molecule has 1 aliphatic heterocycles. The van der Waals surface area contributed by atoms with E-state index in [0.29, 0.717) is 29.6 Å². The Morgan fingerprint density at radius 2 is 1.88 bits per heavy atom. The van der Waals surface area contributed by atoms with Gasteiger partial charge in [0, 0.05) is 49.8 Å². The van der Waals surface area contributed by atoms with Gasteiger partial charge in [-0.2, -0.15) is 0 Å². The highest BCUT2D eigenvalue weighted by Crippen LogP contribution is 2.64. The van der Waals surface area contributed by atoms with Crippen molar-refractivity contribution in [3.63, 3.8) is 0 Å². The number of piperidine rings is 1. The van der Waals surface area contributed by atoms with E-state index in [2.05, 4.69) is 39.5 Å². The zero-order chi connectivity index (χ0) is 23.8. The zero-order valence-corrected chi connectivity index (χ0v) is 22.0. The number of carbonyl (C=O) groups excluding carboxylic acids is 2. The number of carbonyl (C=O) groups is 2. The summed E-state index contributed by atoms with van der Waals surface area (Å²) >= 11 is 0. The number of rotatable bonds is 8. The molecule has 186 valence electrons. The van der Waals surface area contributed by atoms with Gasteiger partial charge >= 0.3 is 0 Å². The van der Waals surface area contributed by atoms with E-state index in [1.54, 1.807) is 0 Å². The summed E-state index contributed by atoms with van der Waals surface area (Å²) in [6.07, 6.45) is 13.6. The molecule has 4 nitrogen and oxygen atoms in total. The molecule has 0 aromatic heterocycles. The lowest BCUT2D eigenvalue weighted by atomic mass is 9.50. The predicted molar refractivity (Wildman–Crippen MR) is 135 cm³/mol. The molecule has 0 radical (unpaired) electrons. The quantitative estimate of drug-likeness (QED) is 0.445. The Morgan fingerprint density at radius 1 is 1.12 bits per heavy atom. The maximum atomic E-state index is 13.5. The lowest BCUT2D eigenvalue weighted by molar-refractivity contribution is -0.137. The number of fused-ring (bicyclic) bond motifs is 5. The van der Waals surface area contributed by atoms with Gasteiger partial charge in [0.15, 0.2) is 5.78 Å². The average Bonchev–Trinajstić information content (AvgIpc) is 3.20. The average molecular weight is 457 g/mol. The van der Waals surface area contributed by atoms with E-state index in [0.717, 1.165) is 57.8 Å². The number of hydrogen-bond donors (Lipinski definition) is 0. The Hall–Kier alpha value is -1.32. The Kier molecular flexibility index (Phi) is 7.32. The Morgan fingerprint density at radius 3 is 2.58 bits per heavy atom. The first-order valence-electron chi connectivity index (χ1n) is 14.1. The monoisotopic (exact) mass is 456 g/mol. The van der Waals surface area contributed by atoms with Gasteiger partial charge in [-0.3, -0.25) is 9.59 Å². The van der Waals surface area contributed by atoms with Crippen molar-refractivity contribution in [2.75, 3.05) is 26.2 Å². The fourth-order valence-corrected chi connectivity index (χ4v) is 8.38. The molecule has 6 atom stereocenters. The summed E-state index contributed by atoms with van der Waals surface area (Å²) in [6, 6.07) is 0. The van der Waals surface area contributed by atoms with Gasteiger partial charge in [0.2, 0.25) is 5.91 Å². The largest absolute Gasteiger partial charge is 0.373 e. The summed E-state index contributed by atoms with van der Waals surface area (Å²) in [4.78, 5) is 30.7. The zero-order valence-electron chi connectivity index (χ0n) is 22.0. The first-order valence-corrected chi connectivity index (χ1v) is 14.1. The minimum atomic E-state index is 0.0298.